The molecule has 1 atom stereocenters. The molecule has 0 radical (unpaired) electrons. The largest absolute Gasteiger partial charge is 0.495 e. The highest BCUT2D eigenvalue weighted by atomic mass is 32.1. The van der Waals surface area contributed by atoms with Crippen LogP contribution < -0.4 is 14.4 Å². The molecule has 154 valence electrons. The summed E-state index contributed by atoms with van der Waals surface area (Å²) in [6.07, 6.45) is 1.84. The minimum atomic E-state index is -0.188. The molecule has 1 fully saturated rings. The van der Waals surface area contributed by atoms with Crippen molar-refractivity contribution in [3.8, 4) is 17.6 Å². The smallest absolute Gasteiger partial charge is 0.260 e. The van der Waals surface area contributed by atoms with E-state index in [9.17, 15) is 4.79 Å². The molecule has 8 heteroatoms. The van der Waals surface area contributed by atoms with Gasteiger partial charge in [-0.05, 0) is 49.2 Å². The first-order valence-corrected chi connectivity index (χ1v) is 10.4. The predicted molar refractivity (Wildman–Crippen MR) is 115 cm³/mol. The summed E-state index contributed by atoms with van der Waals surface area (Å²) < 4.78 is 17.5. The molecular weight excluding hydrogens is 402 g/mol. The summed E-state index contributed by atoms with van der Waals surface area (Å²) in [7, 11) is 3.19. The highest BCUT2D eigenvalue weighted by Gasteiger charge is 2.28. The Morgan fingerprint density at radius 2 is 1.97 bits per heavy atom. The molecule has 3 aromatic rings. The van der Waals surface area contributed by atoms with Crippen LogP contribution in [0.2, 0.25) is 0 Å². The van der Waals surface area contributed by atoms with Gasteiger partial charge in [-0.1, -0.05) is 11.3 Å². The number of hydrogen-bond acceptors (Lipinski definition) is 7. The van der Waals surface area contributed by atoms with Crippen molar-refractivity contribution < 1.29 is 19.0 Å². The number of ether oxygens (including phenoxy) is 3. The lowest BCUT2D eigenvalue weighted by molar-refractivity contribution is 0.0917. The van der Waals surface area contributed by atoms with Gasteiger partial charge < -0.3 is 14.2 Å². The summed E-state index contributed by atoms with van der Waals surface area (Å²) >= 11 is 1.38. The van der Waals surface area contributed by atoms with E-state index in [0.29, 0.717) is 46.4 Å². The maximum atomic E-state index is 13.4. The van der Waals surface area contributed by atoms with Gasteiger partial charge >= 0.3 is 0 Å². The normalized spacial score (nSPS) is 15.7. The van der Waals surface area contributed by atoms with E-state index in [4.69, 9.17) is 24.5 Å². The Labute approximate surface area is 178 Å². The summed E-state index contributed by atoms with van der Waals surface area (Å²) in [5.74, 6) is 1.11. The average molecular weight is 423 g/mol. The van der Waals surface area contributed by atoms with E-state index in [-0.39, 0.29) is 12.0 Å². The Kier molecular flexibility index (Phi) is 5.84. The summed E-state index contributed by atoms with van der Waals surface area (Å²) in [4.78, 5) is 19.8. The molecule has 0 aliphatic carbocycles. The molecular formula is C22H21N3O4S. The van der Waals surface area contributed by atoms with Gasteiger partial charge in [0.05, 0.1) is 38.5 Å². The lowest BCUT2D eigenvalue weighted by Crippen LogP contribution is -2.37. The van der Waals surface area contributed by atoms with Crippen molar-refractivity contribution in [3.63, 3.8) is 0 Å². The summed E-state index contributed by atoms with van der Waals surface area (Å²) in [6.45, 7) is 1.11. The first-order valence-electron chi connectivity index (χ1n) is 9.59. The van der Waals surface area contributed by atoms with Crippen LogP contribution in [-0.4, -0.2) is 44.4 Å². The van der Waals surface area contributed by atoms with Crippen LogP contribution in [0.25, 0.3) is 10.2 Å². The molecule has 7 nitrogen and oxygen atoms in total. The third-order valence-corrected chi connectivity index (χ3v) is 6.14. The molecule has 0 bridgehead atoms. The maximum absolute atomic E-state index is 13.4. The van der Waals surface area contributed by atoms with Crippen molar-refractivity contribution in [2.45, 2.75) is 18.9 Å². The predicted octanol–water partition coefficient (Wildman–Crippen LogP) is 4.01. The van der Waals surface area contributed by atoms with E-state index in [1.807, 2.05) is 6.07 Å². The number of nitrogens with zero attached hydrogens (tertiary/aromatic N) is 3. The SMILES string of the molecule is COc1ccc(OC)c2sc(N(CC3CCCO3)C(=O)c3ccc(C#N)cc3)nc12. The quantitative estimate of drug-likeness (QED) is 0.596. The first-order chi connectivity index (χ1) is 14.6. The number of nitriles is 1. The van der Waals surface area contributed by atoms with Crippen LogP contribution in [0.15, 0.2) is 36.4 Å². The highest BCUT2D eigenvalue weighted by molar-refractivity contribution is 7.22. The van der Waals surface area contributed by atoms with Crippen LogP contribution in [0.1, 0.15) is 28.8 Å². The molecule has 1 aliphatic rings. The van der Waals surface area contributed by atoms with E-state index in [1.165, 1.54) is 11.3 Å². The number of hydrogen-bond donors (Lipinski definition) is 0. The van der Waals surface area contributed by atoms with Gasteiger partial charge in [-0.25, -0.2) is 4.98 Å². The summed E-state index contributed by atoms with van der Waals surface area (Å²) in [5, 5.41) is 9.58. The minimum Gasteiger partial charge on any atom is -0.495 e. The van der Waals surface area contributed by atoms with E-state index < -0.39 is 0 Å². The van der Waals surface area contributed by atoms with Gasteiger partial charge in [0.2, 0.25) is 0 Å². The van der Waals surface area contributed by atoms with Gasteiger partial charge in [-0.15, -0.1) is 0 Å². The third-order valence-electron chi connectivity index (χ3n) is 5.05. The van der Waals surface area contributed by atoms with E-state index in [2.05, 4.69) is 6.07 Å². The molecule has 1 amide bonds. The van der Waals surface area contributed by atoms with Gasteiger partial charge in [-0.2, -0.15) is 5.26 Å². The molecule has 1 aliphatic heterocycles. The molecule has 1 unspecified atom stereocenters. The molecule has 0 N–H and O–H groups in total. The maximum Gasteiger partial charge on any atom is 0.260 e. The number of anilines is 1. The Morgan fingerprint density at radius 3 is 2.60 bits per heavy atom. The molecule has 30 heavy (non-hydrogen) atoms. The second kappa shape index (κ2) is 8.69. The summed E-state index contributed by atoms with van der Waals surface area (Å²) in [5.41, 5.74) is 1.65. The molecule has 0 saturated carbocycles. The second-order valence-electron chi connectivity index (χ2n) is 6.88. The number of thiazole rings is 1. The van der Waals surface area contributed by atoms with Gasteiger partial charge in [0.25, 0.3) is 5.91 Å². The zero-order valence-corrected chi connectivity index (χ0v) is 17.6. The number of rotatable bonds is 6. The number of methoxy groups -OCH3 is 2. The van der Waals surface area contributed by atoms with Crippen LogP contribution in [0.5, 0.6) is 11.5 Å². The van der Waals surface area contributed by atoms with Gasteiger partial charge in [-0.3, -0.25) is 9.69 Å². The van der Waals surface area contributed by atoms with Crippen molar-refractivity contribution >= 4 is 32.6 Å². The molecule has 0 spiro atoms. The molecule has 2 heterocycles. The van der Waals surface area contributed by atoms with Crippen LogP contribution in [0.4, 0.5) is 5.13 Å². The van der Waals surface area contributed by atoms with Crippen molar-refractivity contribution in [1.82, 2.24) is 4.98 Å². The van der Waals surface area contributed by atoms with Crippen molar-refractivity contribution in [2.75, 3.05) is 32.3 Å². The van der Waals surface area contributed by atoms with Crippen LogP contribution in [0, 0.1) is 11.3 Å². The standard InChI is InChI=1S/C22H21N3O4S/c1-27-17-9-10-18(28-2)20-19(17)24-22(30-20)25(13-16-4-3-11-29-16)21(26)15-7-5-14(12-23)6-8-15/h5-10,16H,3-4,11,13H2,1-2H3. The zero-order valence-electron chi connectivity index (χ0n) is 16.8. The number of amides is 1. The number of carbonyl (C=O) groups excluding carboxylic acids is 1. The minimum absolute atomic E-state index is 0.0388. The molecule has 2 aromatic carbocycles. The fourth-order valence-corrected chi connectivity index (χ4v) is 4.55. The average Bonchev–Trinajstić information content (AvgIpc) is 3.46. The Hall–Kier alpha value is -3.15. The number of benzene rings is 2. The lowest BCUT2D eigenvalue weighted by atomic mass is 10.1. The van der Waals surface area contributed by atoms with Crippen LogP contribution in [0.3, 0.4) is 0 Å². The van der Waals surface area contributed by atoms with Crippen molar-refractivity contribution in [1.29, 1.82) is 5.26 Å². The summed E-state index contributed by atoms with van der Waals surface area (Å²) in [6, 6.07) is 12.3. The topological polar surface area (TPSA) is 84.7 Å². The number of aromatic nitrogens is 1. The van der Waals surface area contributed by atoms with Crippen LogP contribution >= 0.6 is 11.3 Å². The highest BCUT2D eigenvalue weighted by Crippen LogP contribution is 2.40. The molecule has 4 rings (SSSR count). The van der Waals surface area contributed by atoms with Gasteiger partial charge in [0.1, 0.15) is 21.7 Å². The Morgan fingerprint density at radius 1 is 1.23 bits per heavy atom. The van der Waals surface area contributed by atoms with E-state index in [1.54, 1.807) is 49.5 Å². The fraction of sp³-hybridized carbons (Fsp3) is 0.318. The monoisotopic (exact) mass is 423 g/mol. The lowest BCUT2D eigenvalue weighted by Gasteiger charge is -2.23. The third kappa shape index (κ3) is 3.82. The fourth-order valence-electron chi connectivity index (χ4n) is 3.47. The Bertz CT molecular complexity index is 1060. The van der Waals surface area contributed by atoms with Crippen LogP contribution in [-0.2, 0) is 4.74 Å². The molecule has 1 saturated heterocycles. The second-order valence-corrected chi connectivity index (χ2v) is 7.86. The number of carbonyl (C=O) groups is 1. The Balaban J connectivity index is 1.77. The number of fused-ring (bicyclic) bond motifs is 1. The van der Waals surface area contributed by atoms with Crippen molar-refractivity contribution in [2.24, 2.45) is 0 Å². The van der Waals surface area contributed by atoms with E-state index >= 15 is 0 Å². The van der Waals surface area contributed by atoms with Gasteiger partial charge in [0.15, 0.2) is 5.13 Å². The van der Waals surface area contributed by atoms with Gasteiger partial charge in [0, 0.05) is 12.2 Å². The van der Waals surface area contributed by atoms with E-state index in [0.717, 1.165) is 17.5 Å². The molecule has 1 aromatic heterocycles. The zero-order chi connectivity index (χ0) is 21.1. The first kappa shape index (κ1) is 20.1. The van der Waals surface area contributed by atoms with Crippen molar-refractivity contribution in [3.05, 3.63) is 47.5 Å².